The van der Waals surface area contributed by atoms with Gasteiger partial charge < -0.3 is 11.1 Å². The summed E-state index contributed by atoms with van der Waals surface area (Å²) in [5.74, 6) is -3.94. The molecule has 0 spiro atoms. The number of anilines is 1. The Morgan fingerprint density at radius 2 is 2.16 bits per heavy atom. The third-order valence-electron chi connectivity index (χ3n) is 2.57. The first kappa shape index (κ1) is 15.0. The van der Waals surface area contributed by atoms with Gasteiger partial charge in [0.1, 0.15) is 0 Å². The van der Waals surface area contributed by atoms with Crippen LogP contribution in [0.5, 0.6) is 0 Å². The largest absolute Gasteiger partial charge is 0.330 e. The Morgan fingerprint density at radius 3 is 2.68 bits per heavy atom. The summed E-state index contributed by atoms with van der Waals surface area (Å²) in [6, 6.07) is 1.42. The van der Waals surface area contributed by atoms with Crippen molar-refractivity contribution in [3.8, 4) is 0 Å². The van der Waals surface area contributed by atoms with Crippen molar-refractivity contribution in [2.24, 2.45) is 11.7 Å². The SMILES string of the molecule is CC(CCN)C(=O)Nc1c([N+](=O)[O-])ccc(F)c1F. The van der Waals surface area contributed by atoms with Crippen LogP contribution in [0, 0.1) is 27.7 Å². The van der Waals surface area contributed by atoms with E-state index >= 15 is 0 Å². The number of benzene rings is 1. The summed E-state index contributed by atoms with van der Waals surface area (Å²) in [6.45, 7) is 1.77. The lowest BCUT2D eigenvalue weighted by molar-refractivity contribution is -0.384. The molecule has 0 aliphatic carbocycles. The van der Waals surface area contributed by atoms with Crippen LogP contribution in [-0.2, 0) is 4.79 Å². The number of amides is 1. The molecule has 0 saturated carbocycles. The second-order valence-corrected chi connectivity index (χ2v) is 3.98. The van der Waals surface area contributed by atoms with E-state index in [-0.39, 0.29) is 6.54 Å². The molecule has 0 aliphatic rings. The Morgan fingerprint density at radius 1 is 1.53 bits per heavy atom. The van der Waals surface area contributed by atoms with Gasteiger partial charge >= 0.3 is 0 Å². The van der Waals surface area contributed by atoms with Crippen molar-refractivity contribution in [1.29, 1.82) is 0 Å². The molecule has 1 aromatic carbocycles. The topological polar surface area (TPSA) is 98.3 Å². The molecule has 104 valence electrons. The van der Waals surface area contributed by atoms with Crippen molar-refractivity contribution >= 4 is 17.3 Å². The van der Waals surface area contributed by atoms with Crippen molar-refractivity contribution in [2.45, 2.75) is 13.3 Å². The Hall–Kier alpha value is -2.09. The van der Waals surface area contributed by atoms with Gasteiger partial charge in [0.2, 0.25) is 5.91 Å². The van der Waals surface area contributed by atoms with Gasteiger partial charge in [-0.05, 0) is 19.0 Å². The molecule has 6 nitrogen and oxygen atoms in total. The maximum Gasteiger partial charge on any atom is 0.296 e. The molecule has 1 amide bonds. The van der Waals surface area contributed by atoms with Gasteiger partial charge in [-0.1, -0.05) is 6.92 Å². The van der Waals surface area contributed by atoms with Gasteiger partial charge in [0.25, 0.3) is 5.69 Å². The smallest absolute Gasteiger partial charge is 0.296 e. The van der Waals surface area contributed by atoms with E-state index in [4.69, 9.17) is 5.73 Å². The molecule has 1 unspecified atom stereocenters. The van der Waals surface area contributed by atoms with Gasteiger partial charge in [0, 0.05) is 12.0 Å². The number of rotatable bonds is 5. The fourth-order valence-corrected chi connectivity index (χ4v) is 1.44. The molecule has 0 aromatic heterocycles. The minimum Gasteiger partial charge on any atom is -0.330 e. The van der Waals surface area contributed by atoms with Crippen LogP contribution in [0.1, 0.15) is 13.3 Å². The first-order valence-electron chi connectivity index (χ1n) is 5.51. The van der Waals surface area contributed by atoms with Crippen molar-refractivity contribution < 1.29 is 18.5 Å². The van der Waals surface area contributed by atoms with Crippen molar-refractivity contribution in [3.05, 3.63) is 33.9 Å². The second-order valence-electron chi connectivity index (χ2n) is 3.98. The van der Waals surface area contributed by atoms with Crippen LogP contribution in [-0.4, -0.2) is 17.4 Å². The summed E-state index contributed by atoms with van der Waals surface area (Å²) in [4.78, 5) is 21.5. The van der Waals surface area contributed by atoms with Crippen molar-refractivity contribution in [2.75, 3.05) is 11.9 Å². The van der Waals surface area contributed by atoms with Crippen molar-refractivity contribution in [3.63, 3.8) is 0 Å². The molecule has 1 rings (SSSR count). The quantitative estimate of drug-likeness (QED) is 0.631. The van der Waals surface area contributed by atoms with Gasteiger partial charge in [-0.2, -0.15) is 0 Å². The molecule has 0 saturated heterocycles. The van der Waals surface area contributed by atoms with E-state index in [0.717, 1.165) is 6.07 Å². The normalized spacial score (nSPS) is 12.0. The van der Waals surface area contributed by atoms with E-state index in [1.54, 1.807) is 0 Å². The summed E-state index contributed by atoms with van der Waals surface area (Å²) in [7, 11) is 0. The summed E-state index contributed by atoms with van der Waals surface area (Å²) >= 11 is 0. The van der Waals surface area contributed by atoms with Gasteiger partial charge in [-0.25, -0.2) is 8.78 Å². The predicted octanol–water partition coefficient (Wildman–Crippen LogP) is 1.80. The van der Waals surface area contributed by atoms with E-state index in [1.807, 2.05) is 5.32 Å². The monoisotopic (exact) mass is 273 g/mol. The lowest BCUT2D eigenvalue weighted by Crippen LogP contribution is -2.24. The number of nitro benzene ring substituents is 1. The zero-order valence-electron chi connectivity index (χ0n) is 10.2. The molecule has 19 heavy (non-hydrogen) atoms. The van der Waals surface area contributed by atoms with Crippen LogP contribution in [0.2, 0.25) is 0 Å². The summed E-state index contributed by atoms with van der Waals surface area (Å²) < 4.78 is 26.6. The minimum atomic E-state index is -1.46. The minimum absolute atomic E-state index is 0.238. The van der Waals surface area contributed by atoms with Gasteiger partial charge in [0.15, 0.2) is 17.3 Å². The molecular weight excluding hydrogens is 260 g/mol. The highest BCUT2D eigenvalue weighted by atomic mass is 19.2. The Kier molecular flexibility index (Phi) is 4.87. The molecule has 3 N–H and O–H groups in total. The van der Waals surface area contributed by atoms with E-state index in [0.29, 0.717) is 12.5 Å². The Bertz CT molecular complexity index is 508. The molecule has 8 heteroatoms. The summed E-state index contributed by atoms with van der Waals surface area (Å²) in [6.07, 6.45) is 0.330. The molecule has 0 radical (unpaired) electrons. The number of hydrogen-bond acceptors (Lipinski definition) is 4. The van der Waals surface area contributed by atoms with Crippen LogP contribution in [0.15, 0.2) is 12.1 Å². The fourth-order valence-electron chi connectivity index (χ4n) is 1.44. The maximum absolute atomic E-state index is 13.5. The number of nitrogens with one attached hydrogen (secondary N) is 1. The van der Waals surface area contributed by atoms with E-state index in [9.17, 15) is 23.7 Å². The predicted molar refractivity (Wildman–Crippen MR) is 64.5 cm³/mol. The van der Waals surface area contributed by atoms with E-state index < -0.39 is 39.8 Å². The molecule has 0 heterocycles. The second kappa shape index (κ2) is 6.19. The number of halogens is 2. The average Bonchev–Trinajstić information content (AvgIpc) is 2.34. The van der Waals surface area contributed by atoms with Crippen LogP contribution in [0.4, 0.5) is 20.2 Å². The highest BCUT2D eigenvalue weighted by Gasteiger charge is 2.24. The maximum atomic E-state index is 13.5. The lowest BCUT2D eigenvalue weighted by Gasteiger charge is -2.12. The Balaban J connectivity index is 3.08. The molecule has 0 fully saturated rings. The molecular formula is C11H13F2N3O3. The summed E-state index contributed by atoms with van der Waals surface area (Å²) in [5, 5.41) is 12.7. The third kappa shape index (κ3) is 3.44. The fraction of sp³-hybridized carbons (Fsp3) is 0.364. The summed E-state index contributed by atoms with van der Waals surface area (Å²) in [5.41, 5.74) is 3.80. The zero-order chi connectivity index (χ0) is 14.6. The first-order valence-corrected chi connectivity index (χ1v) is 5.51. The molecule has 1 atom stereocenters. The first-order chi connectivity index (χ1) is 8.88. The van der Waals surface area contributed by atoms with Gasteiger partial charge in [-0.15, -0.1) is 0 Å². The van der Waals surface area contributed by atoms with Gasteiger partial charge in [-0.3, -0.25) is 14.9 Å². The lowest BCUT2D eigenvalue weighted by atomic mass is 10.1. The van der Waals surface area contributed by atoms with E-state index in [2.05, 4.69) is 0 Å². The van der Waals surface area contributed by atoms with Crippen LogP contribution < -0.4 is 11.1 Å². The van der Waals surface area contributed by atoms with Crippen LogP contribution >= 0.6 is 0 Å². The zero-order valence-corrected chi connectivity index (χ0v) is 10.2. The van der Waals surface area contributed by atoms with Crippen molar-refractivity contribution in [1.82, 2.24) is 0 Å². The molecule has 0 aliphatic heterocycles. The van der Waals surface area contributed by atoms with Crippen LogP contribution in [0.3, 0.4) is 0 Å². The highest BCUT2D eigenvalue weighted by Crippen LogP contribution is 2.29. The number of carbonyl (C=O) groups excluding carboxylic acids is 1. The number of nitrogens with two attached hydrogens (primary N) is 1. The molecule has 0 bridgehead atoms. The third-order valence-corrected chi connectivity index (χ3v) is 2.57. The number of carbonyl (C=O) groups is 1. The number of nitrogens with zero attached hydrogens (tertiary/aromatic N) is 1. The molecule has 1 aromatic rings. The highest BCUT2D eigenvalue weighted by molar-refractivity contribution is 5.94. The van der Waals surface area contributed by atoms with Crippen LogP contribution in [0.25, 0.3) is 0 Å². The Labute approximate surface area is 107 Å². The standard InChI is InChI=1S/C11H13F2N3O3/c1-6(4-5-14)11(17)15-10-8(16(18)19)3-2-7(12)9(10)13/h2-3,6H,4-5,14H2,1H3,(H,15,17). The van der Waals surface area contributed by atoms with Gasteiger partial charge in [0.05, 0.1) is 4.92 Å². The number of hydrogen-bond donors (Lipinski definition) is 2. The van der Waals surface area contributed by atoms with E-state index in [1.165, 1.54) is 6.92 Å². The number of nitro groups is 1. The average molecular weight is 273 g/mol.